The Labute approximate surface area is 245 Å². The fourth-order valence-corrected chi connectivity index (χ4v) is 8.48. The van der Waals surface area contributed by atoms with Gasteiger partial charge in [0, 0.05) is 31.3 Å². The zero-order chi connectivity index (χ0) is 28.3. The lowest BCUT2D eigenvalue weighted by Crippen LogP contribution is -2.43. The Kier molecular flexibility index (Phi) is 6.50. The minimum Gasteiger partial charge on any atom is -0.461 e. The van der Waals surface area contributed by atoms with Crippen LogP contribution in [0.1, 0.15) is 50.5 Å². The van der Waals surface area contributed by atoms with Gasteiger partial charge in [0.25, 0.3) is 0 Å². The molecule has 4 aromatic rings. The molecule has 3 saturated heterocycles. The highest BCUT2D eigenvalue weighted by molar-refractivity contribution is 6.00. The Hall–Kier alpha value is -3.39. The van der Waals surface area contributed by atoms with E-state index in [1.54, 1.807) is 6.20 Å². The second kappa shape index (κ2) is 10.4. The van der Waals surface area contributed by atoms with E-state index in [1.807, 2.05) is 36.4 Å². The molecule has 1 saturated carbocycles. The van der Waals surface area contributed by atoms with Gasteiger partial charge in [-0.25, -0.2) is 4.39 Å². The number of hydrogen-bond donors (Lipinski definition) is 0. The smallest absolute Gasteiger partial charge is 0.319 e. The summed E-state index contributed by atoms with van der Waals surface area (Å²) in [6, 6.07) is 11.8. The third-order valence-corrected chi connectivity index (χ3v) is 10.4. The Balaban J connectivity index is 1.25. The maximum Gasteiger partial charge on any atom is 0.319 e. The summed E-state index contributed by atoms with van der Waals surface area (Å²) in [7, 11) is 0. The molecule has 8 heteroatoms. The molecular formula is C34H37F2N5O. The number of aryl methyl sites for hydroxylation is 1. The number of halogens is 2. The molecule has 0 amide bonds. The van der Waals surface area contributed by atoms with Gasteiger partial charge in [0.2, 0.25) is 0 Å². The van der Waals surface area contributed by atoms with Gasteiger partial charge in [0.1, 0.15) is 23.6 Å². The monoisotopic (exact) mass is 569 g/mol. The van der Waals surface area contributed by atoms with Crippen LogP contribution in [0.2, 0.25) is 0 Å². The Morgan fingerprint density at radius 1 is 0.976 bits per heavy atom. The first-order valence-electron chi connectivity index (χ1n) is 15.7. The Bertz CT molecular complexity index is 1630. The average Bonchev–Trinajstić information content (AvgIpc) is 3.69. The Morgan fingerprint density at radius 3 is 2.50 bits per heavy atom. The van der Waals surface area contributed by atoms with Crippen molar-refractivity contribution >= 4 is 27.5 Å². The molecule has 4 fully saturated rings. The number of fused-ring (bicyclic) bond motifs is 5. The normalized spacial score (nSPS) is 23.2. The van der Waals surface area contributed by atoms with Crippen LogP contribution in [-0.2, 0) is 6.42 Å². The second-order valence-electron chi connectivity index (χ2n) is 12.9. The van der Waals surface area contributed by atoms with Gasteiger partial charge in [-0.05, 0) is 86.2 Å². The van der Waals surface area contributed by atoms with Crippen molar-refractivity contribution in [1.29, 1.82) is 0 Å². The van der Waals surface area contributed by atoms with Crippen LogP contribution in [-0.4, -0.2) is 64.9 Å². The molecule has 0 N–H and O–H groups in total. The molecular weight excluding hydrogens is 532 g/mol. The lowest BCUT2D eigenvalue weighted by molar-refractivity contribution is 0.108. The molecule has 3 aliphatic heterocycles. The van der Waals surface area contributed by atoms with E-state index in [1.165, 1.54) is 32.1 Å². The van der Waals surface area contributed by atoms with Gasteiger partial charge in [0.05, 0.1) is 17.6 Å². The first-order chi connectivity index (χ1) is 20.6. The molecule has 2 aromatic carbocycles. The minimum absolute atomic E-state index is 0.0421. The predicted molar refractivity (Wildman–Crippen MR) is 161 cm³/mol. The third kappa shape index (κ3) is 4.32. The lowest BCUT2D eigenvalue weighted by atomic mass is 9.95. The largest absolute Gasteiger partial charge is 0.461 e. The first-order valence-corrected chi connectivity index (χ1v) is 15.7. The number of nitrogens with zero attached hydrogens (tertiary/aromatic N) is 5. The highest BCUT2D eigenvalue weighted by Crippen LogP contribution is 2.42. The van der Waals surface area contributed by atoms with Gasteiger partial charge in [0.15, 0.2) is 5.82 Å². The average molecular weight is 570 g/mol. The fraction of sp³-hybridized carbons (Fsp3) is 0.500. The van der Waals surface area contributed by atoms with E-state index in [2.05, 4.69) is 9.80 Å². The second-order valence-corrected chi connectivity index (χ2v) is 12.9. The molecule has 2 bridgehead atoms. The summed E-state index contributed by atoms with van der Waals surface area (Å²) in [6.07, 6.45) is 10.3. The van der Waals surface area contributed by atoms with Gasteiger partial charge in [-0.2, -0.15) is 9.97 Å². The minimum atomic E-state index is -0.481. The van der Waals surface area contributed by atoms with E-state index < -0.39 is 12.5 Å². The fourth-order valence-electron chi connectivity index (χ4n) is 8.48. The number of benzene rings is 2. The number of rotatable bonds is 7. The number of anilines is 1. The van der Waals surface area contributed by atoms with Crippen molar-refractivity contribution in [3.63, 3.8) is 0 Å². The maximum absolute atomic E-state index is 16.7. The van der Waals surface area contributed by atoms with Gasteiger partial charge < -0.3 is 9.64 Å². The molecule has 218 valence electrons. The van der Waals surface area contributed by atoms with E-state index in [4.69, 9.17) is 19.7 Å². The molecule has 42 heavy (non-hydrogen) atoms. The number of hydrogen-bond acceptors (Lipinski definition) is 6. The lowest BCUT2D eigenvalue weighted by Gasteiger charge is -2.34. The standard InChI is InChI=1S/C34H37F2N5O/c35-14-11-25-6-1-5-24-7-2-8-26(28(24)25)30-29(36)31-27(18-37-30)32(40-19-22-9-10-23(17-22)20-40)39-33(38-31)42-21-34-12-3-15-41(34)16-4-13-34/h1-2,5-8,18,22-23H,3-4,9-17,19-21H2. The van der Waals surface area contributed by atoms with Crippen molar-refractivity contribution in [2.24, 2.45) is 11.8 Å². The van der Waals surface area contributed by atoms with Crippen LogP contribution in [0.4, 0.5) is 14.6 Å². The molecule has 5 heterocycles. The predicted octanol–water partition coefficient (Wildman–Crippen LogP) is 6.74. The van der Waals surface area contributed by atoms with Gasteiger partial charge in [-0.3, -0.25) is 14.3 Å². The van der Waals surface area contributed by atoms with Gasteiger partial charge in [-0.1, -0.05) is 36.4 Å². The van der Waals surface area contributed by atoms with Gasteiger partial charge >= 0.3 is 6.01 Å². The van der Waals surface area contributed by atoms with Crippen LogP contribution < -0.4 is 9.64 Å². The van der Waals surface area contributed by atoms with Crippen molar-refractivity contribution < 1.29 is 13.5 Å². The number of pyridine rings is 1. The SMILES string of the molecule is FCCc1cccc2cccc(-c3ncc4c(N5CC6CCC(C6)C5)nc(OCC56CCCN5CCC6)nc4c3F)c12. The number of ether oxygens (including phenoxy) is 1. The molecule has 2 unspecified atom stereocenters. The number of alkyl halides is 1. The molecule has 0 spiro atoms. The summed E-state index contributed by atoms with van der Waals surface area (Å²) >= 11 is 0. The molecule has 2 aromatic heterocycles. The van der Waals surface area contributed by atoms with Crippen molar-refractivity contribution in [1.82, 2.24) is 19.9 Å². The van der Waals surface area contributed by atoms with Crippen LogP contribution in [0, 0.1) is 17.7 Å². The summed E-state index contributed by atoms with van der Waals surface area (Å²) in [5.74, 6) is 1.53. The molecule has 6 nitrogen and oxygen atoms in total. The van der Waals surface area contributed by atoms with Crippen molar-refractivity contribution in [2.45, 2.75) is 56.9 Å². The third-order valence-electron chi connectivity index (χ3n) is 10.4. The Morgan fingerprint density at radius 2 is 1.74 bits per heavy atom. The van der Waals surface area contributed by atoms with E-state index >= 15 is 4.39 Å². The van der Waals surface area contributed by atoms with Crippen LogP contribution in [0.25, 0.3) is 32.9 Å². The van der Waals surface area contributed by atoms with Crippen molar-refractivity contribution in [2.75, 3.05) is 44.4 Å². The van der Waals surface area contributed by atoms with Crippen LogP contribution >= 0.6 is 0 Å². The topological polar surface area (TPSA) is 54.4 Å². The zero-order valence-electron chi connectivity index (χ0n) is 24.0. The molecule has 2 atom stereocenters. The van der Waals surface area contributed by atoms with Crippen molar-refractivity contribution in [3.8, 4) is 17.3 Å². The summed E-state index contributed by atoms with van der Waals surface area (Å²) in [4.78, 5) is 19.2. The quantitative estimate of drug-likeness (QED) is 0.246. The summed E-state index contributed by atoms with van der Waals surface area (Å²) in [6.45, 7) is 4.11. The number of aromatic nitrogens is 3. The van der Waals surface area contributed by atoms with Gasteiger partial charge in [-0.15, -0.1) is 0 Å². The molecule has 8 rings (SSSR count). The van der Waals surface area contributed by atoms with E-state index in [0.717, 1.165) is 61.2 Å². The number of piperidine rings is 1. The molecule has 1 aliphatic carbocycles. The van der Waals surface area contributed by atoms with E-state index in [0.29, 0.717) is 29.4 Å². The van der Waals surface area contributed by atoms with E-state index in [9.17, 15) is 4.39 Å². The molecule has 4 aliphatic rings. The zero-order valence-corrected chi connectivity index (χ0v) is 24.0. The first kappa shape index (κ1) is 26.3. The van der Waals surface area contributed by atoms with Crippen LogP contribution in [0.15, 0.2) is 42.6 Å². The molecule has 0 radical (unpaired) electrons. The van der Waals surface area contributed by atoms with E-state index in [-0.39, 0.29) is 29.2 Å². The highest BCUT2D eigenvalue weighted by Gasteiger charge is 2.45. The van der Waals surface area contributed by atoms with Crippen LogP contribution in [0.5, 0.6) is 6.01 Å². The summed E-state index contributed by atoms with van der Waals surface area (Å²) in [5, 5.41) is 2.40. The summed E-state index contributed by atoms with van der Waals surface area (Å²) < 4.78 is 36.6. The van der Waals surface area contributed by atoms with Crippen LogP contribution in [0.3, 0.4) is 0 Å². The van der Waals surface area contributed by atoms with Crippen molar-refractivity contribution in [3.05, 3.63) is 54.0 Å². The summed E-state index contributed by atoms with van der Waals surface area (Å²) in [5.41, 5.74) is 2.01. The maximum atomic E-state index is 16.7. The highest BCUT2D eigenvalue weighted by atomic mass is 19.1.